The summed E-state index contributed by atoms with van der Waals surface area (Å²) in [5, 5.41) is 3.29. The number of allylic oxidation sites excluding steroid dienone is 4. The maximum atomic E-state index is 2.64. The van der Waals surface area contributed by atoms with Crippen LogP contribution in [0.4, 0.5) is 0 Å². The largest absolute Gasteiger partial charge is 1.00 e. The Morgan fingerprint density at radius 1 is 0.554 bits per heavy atom. The third-order valence-electron chi connectivity index (χ3n) is 14.1. The molecule has 2 aliphatic carbocycles. The molecule has 0 radical (unpaired) electrons. The van der Waals surface area contributed by atoms with Crippen LogP contribution in [0.3, 0.4) is 0 Å². The van der Waals surface area contributed by atoms with Crippen LogP contribution in [0.2, 0.25) is 36.3 Å². The van der Waals surface area contributed by atoms with E-state index in [2.05, 4.69) is 186 Å². The van der Waals surface area contributed by atoms with Crippen molar-refractivity contribution < 1.29 is 45.8 Å². The van der Waals surface area contributed by atoms with E-state index >= 15 is 0 Å². The Morgan fingerprint density at radius 3 is 1.23 bits per heavy atom. The molecule has 0 bridgehead atoms. The second kappa shape index (κ2) is 18.6. The van der Waals surface area contributed by atoms with Gasteiger partial charge in [-0.25, -0.2) is 0 Å². The van der Waals surface area contributed by atoms with Crippen LogP contribution < -0.4 is 35.2 Å². The minimum atomic E-state index is -3.09. The number of rotatable bonds is 12. The van der Waals surface area contributed by atoms with Crippen LogP contribution in [0.1, 0.15) is 127 Å². The van der Waals surface area contributed by atoms with E-state index in [1.807, 2.05) is 0 Å². The molecule has 298 valence electrons. The SMILES string of the molecule is CC[Si](CC)(CC)c1ccc([C](c2ccc([Si](CC)(CC)CC)cc2)=[Hf+2]([C]2=CC=CC2)[CH]2c3cc(C(C)(C)C)ccc3-c3ccc(C(C)(C)C)cc32)cc1.[Cl-].[Cl-]. The van der Waals surface area contributed by atoms with Gasteiger partial charge in [0.15, 0.2) is 0 Å². The molecule has 56 heavy (non-hydrogen) atoms. The Morgan fingerprint density at radius 2 is 0.929 bits per heavy atom. The molecule has 0 aliphatic heterocycles. The van der Waals surface area contributed by atoms with E-state index < -0.39 is 37.1 Å². The van der Waals surface area contributed by atoms with Gasteiger partial charge in [-0.15, -0.1) is 0 Å². The fourth-order valence-electron chi connectivity index (χ4n) is 9.83. The smallest absolute Gasteiger partial charge is 1.00 e. The molecular formula is C51H68Cl2HfSi2. The van der Waals surface area contributed by atoms with Crippen molar-refractivity contribution in [2.24, 2.45) is 0 Å². The van der Waals surface area contributed by atoms with Crippen molar-refractivity contribution in [2.45, 2.75) is 140 Å². The van der Waals surface area contributed by atoms with Gasteiger partial charge >= 0.3 is 342 Å². The Labute approximate surface area is 364 Å². The summed E-state index contributed by atoms with van der Waals surface area (Å²) < 4.78 is 3.87. The molecule has 0 nitrogen and oxygen atoms in total. The van der Waals surface area contributed by atoms with Crippen LogP contribution >= 0.6 is 0 Å². The van der Waals surface area contributed by atoms with E-state index in [1.54, 1.807) is 28.1 Å². The maximum Gasteiger partial charge on any atom is -1.00 e. The molecule has 0 atom stereocenters. The zero-order valence-corrected chi connectivity index (χ0v) is 43.7. The molecule has 0 amide bonds. The topological polar surface area (TPSA) is 0 Å². The Hall–Kier alpha value is -1.89. The summed E-state index contributed by atoms with van der Waals surface area (Å²) in [5.74, 6) is 0. The molecule has 0 fully saturated rings. The van der Waals surface area contributed by atoms with Crippen LogP contribution in [0.5, 0.6) is 0 Å². The molecule has 0 spiro atoms. The number of hydrogen-bond donors (Lipinski definition) is 0. The van der Waals surface area contributed by atoms with Gasteiger partial charge in [-0.1, -0.05) is 0 Å². The monoisotopic (exact) mass is 986 g/mol. The number of halogens is 2. The number of fused-ring (bicyclic) bond motifs is 3. The van der Waals surface area contributed by atoms with E-state index in [9.17, 15) is 0 Å². The third kappa shape index (κ3) is 8.70. The van der Waals surface area contributed by atoms with Gasteiger partial charge in [-0.05, 0) is 0 Å². The molecule has 6 rings (SSSR count). The summed E-state index contributed by atoms with van der Waals surface area (Å²) in [6.07, 6.45) is 8.45. The summed E-state index contributed by atoms with van der Waals surface area (Å²) in [6, 6.07) is 43.6. The second-order valence-corrected chi connectivity index (χ2v) is 38.2. The van der Waals surface area contributed by atoms with Gasteiger partial charge in [-0.3, -0.25) is 0 Å². The van der Waals surface area contributed by atoms with E-state index in [1.165, 1.54) is 69.6 Å². The maximum absolute atomic E-state index is 3.09. The minimum absolute atomic E-state index is 0. The molecule has 4 aromatic carbocycles. The van der Waals surface area contributed by atoms with E-state index in [0.29, 0.717) is 3.67 Å². The van der Waals surface area contributed by atoms with Crippen molar-refractivity contribution in [2.75, 3.05) is 0 Å². The Kier molecular flexibility index (Phi) is 15.5. The van der Waals surface area contributed by atoms with Gasteiger partial charge in [0.25, 0.3) is 0 Å². The molecule has 0 saturated carbocycles. The van der Waals surface area contributed by atoms with Crippen molar-refractivity contribution in [3.63, 3.8) is 0 Å². The standard InChI is InChI=1S/C25H38Si2.C21H25.C5H5.2ClH.Hf/c1-7-26(8-2,9-3)24-17-13-22(14-18-24)21-23-15-19-25(20-16-23)27(10-4,11-5)12-6;1-20(2,3)16-7-9-18-14(12-16)11-15-13-17(21(4,5)6)8-10-19(15)18;1-2-4-5-3-1;;;/h13-20H,7-12H2,1-6H3;7-13H,1-6H3;1-3H,4H2;2*1H;/q;;;;;+2/p-2. The summed E-state index contributed by atoms with van der Waals surface area (Å²) in [4.78, 5) is 0. The Bertz CT molecular complexity index is 1920. The molecular weight excluding hydrogens is 918 g/mol. The van der Waals surface area contributed by atoms with Crippen LogP contribution in [-0.4, -0.2) is 19.4 Å². The average Bonchev–Trinajstić information content (AvgIpc) is 3.82. The Balaban J connectivity index is 0.00000348. The number of hydrogen-bond acceptors (Lipinski definition) is 0. The fraction of sp³-hybridized carbons (Fsp3) is 0.431. The van der Waals surface area contributed by atoms with Crippen LogP contribution in [0.25, 0.3) is 11.1 Å². The molecule has 0 aromatic heterocycles. The molecule has 0 heterocycles. The summed E-state index contributed by atoms with van der Waals surface area (Å²) in [7, 11) is -3.00. The molecule has 2 aliphatic rings. The second-order valence-electron chi connectivity index (χ2n) is 18.5. The van der Waals surface area contributed by atoms with Gasteiger partial charge in [0.1, 0.15) is 0 Å². The molecule has 4 aromatic rings. The first-order valence-corrected chi connectivity index (χ1v) is 32.2. The average molecular weight is 987 g/mol. The van der Waals surface area contributed by atoms with Crippen molar-refractivity contribution in [3.8, 4) is 11.1 Å². The van der Waals surface area contributed by atoms with Gasteiger partial charge in [-0.2, -0.15) is 0 Å². The third-order valence-corrected chi connectivity index (χ3v) is 37.4. The van der Waals surface area contributed by atoms with E-state index in [0.717, 1.165) is 6.42 Å². The van der Waals surface area contributed by atoms with Crippen LogP contribution in [-0.2, 0) is 31.8 Å². The van der Waals surface area contributed by atoms with Crippen molar-refractivity contribution in [1.82, 2.24) is 0 Å². The minimum Gasteiger partial charge on any atom is -1.00 e. The zero-order chi connectivity index (χ0) is 39.1. The molecule has 0 saturated heterocycles. The first-order valence-electron chi connectivity index (χ1n) is 21.3. The first-order chi connectivity index (χ1) is 25.7. The molecule has 0 N–H and O–H groups in total. The summed E-state index contributed by atoms with van der Waals surface area (Å²) in [5.41, 5.74) is 12.2. The predicted molar refractivity (Wildman–Crippen MR) is 243 cm³/mol. The quantitative estimate of drug-likeness (QED) is 0.129. The van der Waals surface area contributed by atoms with Gasteiger partial charge < -0.3 is 24.8 Å². The zero-order valence-electron chi connectivity index (χ0n) is 36.6. The first kappa shape index (κ1) is 46.8. The van der Waals surface area contributed by atoms with Crippen molar-refractivity contribution in [3.05, 3.63) is 140 Å². The van der Waals surface area contributed by atoms with E-state index in [4.69, 9.17) is 0 Å². The summed E-state index contributed by atoms with van der Waals surface area (Å²) in [6.45, 7) is 28.9. The van der Waals surface area contributed by atoms with Gasteiger partial charge in [0, 0.05) is 0 Å². The van der Waals surface area contributed by atoms with Crippen molar-refractivity contribution in [1.29, 1.82) is 0 Å². The van der Waals surface area contributed by atoms with E-state index in [-0.39, 0.29) is 35.6 Å². The summed E-state index contributed by atoms with van der Waals surface area (Å²) >= 11 is -3.09. The normalized spacial score (nSPS) is 13.9. The van der Waals surface area contributed by atoms with Crippen molar-refractivity contribution >= 4 is 29.8 Å². The van der Waals surface area contributed by atoms with Crippen LogP contribution in [0, 0.1) is 0 Å². The molecule has 0 unspecified atom stereocenters. The van der Waals surface area contributed by atoms with Gasteiger partial charge in [0.05, 0.1) is 0 Å². The van der Waals surface area contributed by atoms with Gasteiger partial charge in [0.2, 0.25) is 0 Å². The fourth-order valence-corrected chi connectivity index (χ4v) is 30.1. The van der Waals surface area contributed by atoms with Crippen LogP contribution in [0.15, 0.2) is 106 Å². The predicted octanol–water partition coefficient (Wildman–Crippen LogP) is 7.52. The number of benzene rings is 4. The molecule has 5 heteroatoms.